The van der Waals surface area contributed by atoms with Crippen LogP contribution in [0.15, 0.2) is 37.1 Å². The van der Waals surface area contributed by atoms with E-state index in [-0.39, 0.29) is 0 Å². The maximum absolute atomic E-state index is 4.68. The van der Waals surface area contributed by atoms with Crippen LogP contribution in [0.25, 0.3) is 11.2 Å². The summed E-state index contributed by atoms with van der Waals surface area (Å²) in [5.41, 5.74) is 2.96. The van der Waals surface area contributed by atoms with Crippen LogP contribution in [0.2, 0.25) is 0 Å². The van der Waals surface area contributed by atoms with Crippen molar-refractivity contribution in [1.82, 2.24) is 19.9 Å². The van der Waals surface area contributed by atoms with Gasteiger partial charge < -0.3 is 10.6 Å². The van der Waals surface area contributed by atoms with Crippen LogP contribution in [0.1, 0.15) is 25.5 Å². The Kier molecular flexibility index (Phi) is 4.53. The van der Waals surface area contributed by atoms with E-state index in [0.717, 1.165) is 48.3 Å². The zero-order valence-corrected chi connectivity index (χ0v) is 13.0. The van der Waals surface area contributed by atoms with Gasteiger partial charge in [-0.15, -0.1) is 5.10 Å². The van der Waals surface area contributed by atoms with Gasteiger partial charge in [0, 0.05) is 6.54 Å². The molecule has 2 aromatic heterocycles. The van der Waals surface area contributed by atoms with Gasteiger partial charge in [0.05, 0.1) is 11.9 Å². The van der Waals surface area contributed by atoms with Crippen molar-refractivity contribution < 1.29 is 0 Å². The topological polar surface area (TPSA) is 54.2 Å². The fourth-order valence-electron chi connectivity index (χ4n) is 2.83. The van der Waals surface area contributed by atoms with Crippen molar-refractivity contribution in [3.63, 3.8) is 0 Å². The first-order chi connectivity index (χ1) is 10.8. The van der Waals surface area contributed by atoms with Crippen molar-refractivity contribution >= 4 is 17.0 Å². The molecule has 1 aliphatic heterocycles. The second-order valence-corrected chi connectivity index (χ2v) is 5.79. The van der Waals surface area contributed by atoms with Gasteiger partial charge in [-0.05, 0) is 56.5 Å². The number of piperidine rings is 1. The minimum absolute atomic E-state index is 0.725. The van der Waals surface area contributed by atoms with E-state index in [1.54, 1.807) is 6.08 Å². The fourth-order valence-corrected chi connectivity index (χ4v) is 2.83. The Balaban J connectivity index is 1.77. The van der Waals surface area contributed by atoms with E-state index < -0.39 is 0 Å². The Bertz CT molecular complexity index is 679. The second-order valence-electron chi connectivity index (χ2n) is 5.79. The molecular formula is C17H23N5. The van der Waals surface area contributed by atoms with Crippen molar-refractivity contribution in [3.05, 3.63) is 42.8 Å². The van der Waals surface area contributed by atoms with Gasteiger partial charge in [0.2, 0.25) is 0 Å². The number of hydrogen-bond donors (Lipinski definition) is 2. The molecule has 0 amide bonds. The lowest BCUT2D eigenvalue weighted by Gasteiger charge is -2.22. The van der Waals surface area contributed by atoms with Crippen molar-refractivity contribution in [2.75, 3.05) is 25.0 Å². The van der Waals surface area contributed by atoms with Gasteiger partial charge in [-0.25, -0.2) is 9.50 Å². The summed E-state index contributed by atoms with van der Waals surface area (Å²) in [7, 11) is 0. The number of hydrogen-bond acceptors (Lipinski definition) is 4. The average Bonchev–Trinajstić information content (AvgIpc) is 2.97. The molecule has 0 aliphatic carbocycles. The van der Waals surface area contributed by atoms with Crippen LogP contribution in [0.5, 0.6) is 0 Å². The number of aromatic nitrogens is 3. The van der Waals surface area contributed by atoms with E-state index in [1.165, 1.54) is 12.8 Å². The molecule has 1 saturated heterocycles. The number of nitrogens with zero attached hydrogens (tertiary/aromatic N) is 3. The van der Waals surface area contributed by atoms with Crippen LogP contribution < -0.4 is 10.6 Å². The highest BCUT2D eigenvalue weighted by atomic mass is 15.3. The van der Waals surface area contributed by atoms with Gasteiger partial charge in [-0.3, -0.25) is 0 Å². The summed E-state index contributed by atoms with van der Waals surface area (Å²) in [5.74, 6) is 1.63. The summed E-state index contributed by atoms with van der Waals surface area (Å²) < 4.78 is 1.89. The van der Waals surface area contributed by atoms with Crippen LogP contribution in [-0.4, -0.2) is 34.2 Å². The van der Waals surface area contributed by atoms with E-state index in [1.807, 2.05) is 35.8 Å². The molecule has 0 spiro atoms. The molecule has 1 fully saturated rings. The van der Waals surface area contributed by atoms with Crippen molar-refractivity contribution in [1.29, 1.82) is 0 Å². The molecule has 116 valence electrons. The first-order valence-corrected chi connectivity index (χ1v) is 7.87. The van der Waals surface area contributed by atoms with Crippen LogP contribution in [0.4, 0.5) is 5.82 Å². The van der Waals surface area contributed by atoms with E-state index in [2.05, 4.69) is 27.3 Å². The SMILES string of the molecule is C=CC=C(C)c1cnc2ccc(NCC3CCNCC3)nn12. The third kappa shape index (κ3) is 3.20. The summed E-state index contributed by atoms with van der Waals surface area (Å²) in [5, 5.41) is 11.5. The highest BCUT2D eigenvalue weighted by Gasteiger charge is 2.13. The Morgan fingerprint density at radius 3 is 3.05 bits per heavy atom. The average molecular weight is 297 g/mol. The summed E-state index contributed by atoms with van der Waals surface area (Å²) in [4.78, 5) is 4.40. The predicted molar refractivity (Wildman–Crippen MR) is 90.9 cm³/mol. The molecule has 0 saturated carbocycles. The molecule has 0 aromatic carbocycles. The van der Waals surface area contributed by atoms with Gasteiger partial charge in [0.1, 0.15) is 5.82 Å². The lowest BCUT2D eigenvalue weighted by Crippen LogP contribution is -2.31. The Hall–Kier alpha value is -2.14. The summed E-state index contributed by atoms with van der Waals surface area (Å²) >= 11 is 0. The number of anilines is 1. The van der Waals surface area contributed by atoms with Crippen LogP contribution in [-0.2, 0) is 0 Å². The first kappa shape index (κ1) is 14.8. The first-order valence-electron chi connectivity index (χ1n) is 7.87. The molecule has 3 rings (SSSR count). The largest absolute Gasteiger partial charge is 0.368 e. The lowest BCUT2D eigenvalue weighted by atomic mass is 9.98. The molecule has 2 N–H and O–H groups in total. The van der Waals surface area contributed by atoms with E-state index in [9.17, 15) is 0 Å². The molecule has 5 heteroatoms. The van der Waals surface area contributed by atoms with E-state index in [4.69, 9.17) is 0 Å². The van der Waals surface area contributed by atoms with Crippen molar-refractivity contribution in [2.24, 2.45) is 5.92 Å². The van der Waals surface area contributed by atoms with E-state index >= 15 is 0 Å². The minimum atomic E-state index is 0.725. The molecule has 22 heavy (non-hydrogen) atoms. The molecule has 0 unspecified atom stereocenters. The number of rotatable bonds is 5. The smallest absolute Gasteiger partial charge is 0.154 e. The van der Waals surface area contributed by atoms with Gasteiger partial charge in [-0.2, -0.15) is 0 Å². The van der Waals surface area contributed by atoms with Gasteiger partial charge in [0.25, 0.3) is 0 Å². The third-order valence-electron chi connectivity index (χ3n) is 4.16. The molecule has 0 bridgehead atoms. The Morgan fingerprint density at radius 1 is 1.45 bits per heavy atom. The molecule has 0 atom stereocenters. The maximum atomic E-state index is 4.68. The van der Waals surface area contributed by atoms with Gasteiger partial charge >= 0.3 is 0 Å². The molecule has 1 aliphatic rings. The van der Waals surface area contributed by atoms with Gasteiger partial charge in [0.15, 0.2) is 5.65 Å². The molecule has 2 aromatic rings. The fraction of sp³-hybridized carbons (Fsp3) is 0.412. The number of allylic oxidation sites excluding steroid dienone is 3. The number of imidazole rings is 1. The quantitative estimate of drug-likeness (QED) is 0.833. The summed E-state index contributed by atoms with van der Waals surface area (Å²) in [6.45, 7) is 9.01. The van der Waals surface area contributed by atoms with Gasteiger partial charge in [-0.1, -0.05) is 18.7 Å². The maximum Gasteiger partial charge on any atom is 0.154 e. The monoisotopic (exact) mass is 297 g/mol. The molecule has 5 nitrogen and oxygen atoms in total. The molecule has 0 radical (unpaired) electrons. The Morgan fingerprint density at radius 2 is 2.27 bits per heavy atom. The standard InChI is InChI=1S/C17H23N5/c1-3-4-13(2)15-12-20-17-6-5-16(21-22(15)17)19-11-14-7-9-18-10-8-14/h3-6,12,14,18H,1,7-11H2,2H3,(H,19,21). The summed E-state index contributed by atoms with van der Waals surface area (Å²) in [6.07, 6.45) is 8.07. The molecular weight excluding hydrogens is 274 g/mol. The van der Waals surface area contributed by atoms with Crippen LogP contribution in [0.3, 0.4) is 0 Å². The highest BCUT2D eigenvalue weighted by Crippen LogP contribution is 2.17. The zero-order valence-electron chi connectivity index (χ0n) is 13.0. The van der Waals surface area contributed by atoms with Crippen LogP contribution in [0, 0.1) is 5.92 Å². The van der Waals surface area contributed by atoms with Crippen molar-refractivity contribution in [2.45, 2.75) is 19.8 Å². The second kappa shape index (κ2) is 6.75. The predicted octanol–water partition coefficient (Wildman–Crippen LogP) is 2.73. The number of fused-ring (bicyclic) bond motifs is 1. The Labute approximate surface area is 131 Å². The minimum Gasteiger partial charge on any atom is -0.368 e. The zero-order chi connectivity index (χ0) is 15.4. The third-order valence-corrected chi connectivity index (χ3v) is 4.16. The summed E-state index contributed by atoms with van der Waals surface area (Å²) in [6, 6.07) is 4.00. The normalized spacial score (nSPS) is 16.9. The van der Waals surface area contributed by atoms with Crippen LogP contribution >= 0.6 is 0 Å². The number of nitrogens with one attached hydrogen (secondary N) is 2. The molecule has 3 heterocycles. The van der Waals surface area contributed by atoms with Crippen molar-refractivity contribution in [3.8, 4) is 0 Å². The highest BCUT2D eigenvalue weighted by molar-refractivity contribution is 5.65. The lowest BCUT2D eigenvalue weighted by molar-refractivity contribution is 0.389. The van der Waals surface area contributed by atoms with E-state index in [0.29, 0.717) is 0 Å².